The highest BCUT2D eigenvalue weighted by atomic mass is 32.2. The van der Waals surface area contributed by atoms with Crippen molar-refractivity contribution in [3.8, 4) is 0 Å². The van der Waals surface area contributed by atoms with Gasteiger partial charge in [0.15, 0.2) is 0 Å². The van der Waals surface area contributed by atoms with E-state index >= 15 is 0 Å². The molecule has 1 aromatic carbocycles. The summed E-state index contributed by atoms with van der Waals surface area (Å²) in [6, 6.07) is 5.85. The Morgan fingerprint density at radius 1 is 1.19 bits per heavy atom. The lowest BCUT2D eigenvalue weighted by atomic mass is 10.0. The van der Waals surface area contributed by atoms with Gasteiger partial charge in [0, 0.05) is 13.1 Å². The number of hydrogen-bond acceptors (Lipinski definition) is 4. The van der Waals surface area contributed by atoms with Crippen molar-refractivity contribution in [1.29, 1.82) is 0 Å². The number of nitrogens with zero attached hydrogens (tertiary/aromatic N) is 1. The van der Waals surface area contributed by atoms with Gasteiger partial charge in [-0.1, -0.05) is 31.5 Å². The average Bonchev–Trinajstić information content (AvgIpc) is 2.52. The van der Waals surface area contributed by atoms with Crippen LogP contribution in [0.3, 0.4) is 0 Å². The van der Waals surface area contributed by atoms with Crippen LogP contribution >= 0.6 is 0 Å². The molecule has 146 valence electrons. The standard InChI is InChI=1S/C19H30N2O4S/c1-13(2)10-18(19(22)21-11-15(4)25-16(5)12-21)20-26(23,24)17-8-6-14(3)7-9-17/h6-9,13,15-16,18,20H,10-12H2,1-5H3/t15-,16-,18+/m1/s1. The van der Waals surface area contributed by atoms with Gasteiger partial charge in [0.1, 0.15) is 6.04 Å². The van der Waals surface area contributed by atoms with Crippen molar-refractivity contribution in [2.75, 3.05) is 13.1 Å². The maximum absolute atomic E-state index is 13.0. The number of rotatable bonds is 6. The van der Waals surface area contributed by atoms with E-state index in [1.165, 1.54) is 0 Å². The van der Waals surface area contributed by atoms with Crippen molar-refractivity contribution in [3.63, 3.8) is 0 Å². The molecule has 1 aliphatic rings. The fraction of sp³-hybridized carbons (Fsp3) is 0.632. The normalized spacial score (nSPS) is 22.5. The largest absolute Gasteiger partial charge is 0.372 e. The van der Waals surface area contributed by atoms with Crippen LogP contribution in [0.2, 0.25) is 0 Å². The van der Waals surface area contributed by atoms with Crippen LogP contribution in [0.15, 0.2) is 29.2 Å². The predicted octanol–water partition coefficient (Wildman–Crippen LogP) is 2.32. The number of carbonyl (C=O) groups excluding carboxylic acids is 1. The third-order valence-electron chi connectivity index (χ3n) is 4.37. The Bertz CT molecular complexity index is 706. The van der Waals surface area contributed by atoms with Crippen molar-refractivity contribution in [1.82, 2.24) is 9.62 Å². The second-order valence-electron chi connectivity index (χ2n) is 7.62. The van der Waals surface area contributed by atoms with E-state index in [4.69, 9.17) is 4.74 Å². The highest BCUT2D eigenvalue weighted by molar-refractivity contribution is 7.89. The number of ether oxygens (including phenoxy) is 1. The third-order valence-corrected chi connectivity index (χ3v) is 5.85. The Morgan fingerprint density at radius 2 is 1.73 bits per heavy atom. The molecule has 1 N–H and O–H groups in total. The molecule has 0 unspecified atom stereocenters. The zero-order valence-electron chi connectivity index (χ0n) is 16.2. The van der Waals surface area contributed by atoms with Crippen LogP contribution < -0.4 is 4.72 Å². The summed E-state index contributed by atoms with van der Waals surface area (Å²) in [5.74, 6) is -0.00283. The van der Waals surface area contributed by atoms with Gasteiger partial charge in [-0.15, -0.1) is 0 Å². The molecule has 0 radical (unpaired) electrons. The summed E-state index contributed by atoms with van der Waals surface area (Å²) in [5.41, 5.74) is 0.982. The molecule has 1 aromatic rings. The van der Waals surface area contributed by atoms with Gasteiger partial charge in [-0.05, 0) is 45.2 Å². The van der Waals surface area contributed by atoms with Gasteiger partial charge in [0.25, 0.3) is 0 Å². The number of amides is 1. The van der Waals surface area contributed by atoms with Crippen LogP contribution in [0.4, 0.5) is 0 Å². The monoisotopic (exact) mass is 382 g/mol. The Balaban J connectivity index is 2.21. The van der Waals surface area contributed by atoms with E-state index in [0.29, 0.717) is 19.5 Å². The van der Waals surface area contributed by atoms with E-state index < -0.39 is 16.1 Å². The minimum absolute atomic E-state index is 0.0592. The number of aryl methyl sites for hydroxylation is 1. The first kappa shape index (κ1) is 20.9. The number of carbonyl (C=O) groups is 1. The lowest BCUT2D eigenvalue weighted by molar-refractivity contribution is -0.145. The van der Waals surface area contributed by atoms with Crippen molar-refractivity contribution in [3.05, 3.63) is 29.8 Å². The molecule has 0 aliphatic carbocycles. The minimum Gasteiger partial charge on any atom is -0.372 e. The second kappa shape index (κ2) is 8.50. The number of benzene rings is 1. The van der Waals surface area contributed by atoms with Gasteiger partial charge in [0.2, 0.25) is 15.9 Å². The molecule has 1 saturated heterocycles. The van der Waals surface area contributed by atoms with Gasteiger partial charge in [-0.25, -0.2) is 8.42 Å². The average molecular weight is 383 g/mol. The van der Waals surface area contributed by atoms with Crippen LogP contribution in [0.25, 0.3) is 0 Å². The van der Waals surface area contributed by atoms with Gasteiger partial charge >= 0.3 is 0 Å². The molecule has 7 heteroatoms. The molecule has 1 fully saturated rings. The molecule has 0 bridgehead atoms. The number of nitrogens with one attached hydrogen (secondary N) is 1. The highest BCUT2D eigenvalue weighted by Gasteiger charge is 2.33. The van der Waals surface area contributed by atoms with E-state index in [0.717, 1.165) is 5.56 Å². The van der Waals surface area contributed by atoms with Crippen molar-refractivity contribution in [2.45, 2.75) is 64.2 Å². The van der Waals surface area contributed by atoms with E-state index in [1.54, 1.807) is 29.2 Å². The van der Waals surface area contributed by atoms with E-state index in [9.17, 15) is 13.2 Å². The first-order valence-electron chi connectivity index (χ1n) is 9.11. The Morgan fingerprint density at radius 3 is 2.23 bits per heavy atom. The quantitative estimate of drug-likeness (QED) is 0.819. The first-order chi connectivity index (χ1) is 12.1. The first-order valence-corrected chi connectivity index (χ1v) is 10.6. The van der Waals surface area contributed by atoms with Gasteiger partial charge in [-0.2, -0.15) is 4.72 Å². The van der Waals surface area contributed by atoms with E-state index in [2.05, 4.69) is 4.72 Å². The highest BCUT2D eigenvalue weighted by Crippen LogP contribution is 2.17. The summed E-state index contributed by atoms with van der Waals surface area (Å²) in [4.78, 5) is 14.9. The van der Waals surface area contributed by atoms with Crippen molar-refractivity contribution < 1.29 is 17.9 Å². The van der Waals surface area contributed by atoms with Crippen molar-refractivity contribution in [2.24, 2.45) is 5.92 Å². The van der Waals surface area contributed by atoms with Crippen LogP contribution in [0.1, 0.15) is 39.7 Å². The molecule has 0 saturated carbocycles. The second-order valence-corrected chi connectivity index (χ2v) is 9.33. The topological polar surface area (TPSA) is 75.7 Å². The molecule has 0 aromatic heterocycles. The number of sulfonamides is 1. The van der Waals surface area contributed by atoms with Crippen LogP contribution in [0.5, 0.6) is 0 Å². The lowest BCUT2D eigenvalue weighted by Crippen LogP contribution is -2.55. The summed E-state index contributed by atoms with van der Waals surface area (Å²) in [5, 5.41) is 0. The summed E-state index contributed by atoms with van der Waals surface area (Å²) < 4.78 is 33.8. The maximum atomic E-state index is 13.0. The van der Waals surface area contributed by atoms with Gasteiger partial charge in [-0.3, -0.25) is 4.79 Å². The molecular formula is C19H30N2O4S. The Kier molecular flexibility index (Phi) is 6.82. The summed E-state index contributed by atoms with van der Waals surface area (Å²) in [6.07, 6.45) is 0.330. The minimum atomic E-state index is -3.76. The van der Waals surface area contributed by atoms with Gasteiger partial charge in [0.05, 0.1) is 17.1 Å². The zero-order chi connectivity index (χ0) is 19.5. The Hall–Kier alpha value is -1.44. The van der Waals surface area contributed by atoms with Gasteiger partial charge < -0.3 is 9.64 Å². The molecular weight excluding hydrogens is 352 g/mol. The summed E-state index contributed by atoms with van der Waals surface area (Å²) in [7, 11) is -3.76. The fourth-order valence-electron chi connectivity index (χ4n) is 3.22. The number of morpholine rings is 1. The third kappa shape index (κ3) is 5.53. The lowest BCUT2D eigenvalue weighted by Gasteiger charge is -2.37. The Labute approximate surface area is 157 Å². The van der Waals surface area contributed by atoms with E-state index in [1.807, 2.05) is 34.6 Å². The SMILES string of the molecule is Cc1ccc(S(=O)(=O)N[C@@H](CC(C)C)C(=O)N2C[C@@H](C)O[C@H](C)C2)cc1. The van der Waals surface area contributed by atoms with Crippen LogP contribution in [-0.2, 0) is 19.6 Å². The summed E-state index contributed by atoms with van der Waals surface area (Å²) in [6.45, 7) is 10.6. The fourth-order valence-corrected chi connectivity index (χ4v) is 4.42. The molecule has 1 amide bonds. The molecule has 3 atom stereocenters. The van der Waals surface area contributed by atoms with Crippen LogP contribution in [0, 0.1) is 12.8 Å². The van der Waals surface area contributed by atoms with E-state index in [-0.39, 0.29) is 28.9 Å². The molecule has 26 heavy (non-hydrogen) atoms. The molecule has 0 spiro atoms. The summed E-state index contributed by atoms with van der Waals surface area (Å²) >= 11 is 0. The van der Waals surface area contributed by atoms with Crippen molar-refractivity contribution >= 4 is 15.9 Å². The number of hydrogen-bond donors (Lipinski definition) is 1. The van der Waals surface area contributed by atoms with Crippen LogP contribution in [-0.4, -0.2) is 50.6 Å². The smallest absolute Gasteiger partial charge is 0.241 e. The molecule has 6 nitrogen and oxygen atoms in total. The predicted molar refractivity (Wildman–Crippen MR) is 101 cm³/mol. The molecule has 2 rings (SSSR count). The maximum Gasteiger partial charge on any atom is 0.241 e. The molecule has 1 aliphatic heterocycles. The zero-order valence-corrected chi connectivity index (χ0v) is 17.0. The molecule has 1 heterocycles.